The molecule has 2 rings (SSSR count). The van der Waals surface area contributed by atoms with Crippen LogP contribution in [0.2, 0.25) is 0 Å². The summed E-state index contributed by atoms with van der Waals surface area (Å²) >= 11 is 0. The number of esters is 1. The second kappa shape index (κ2) is 10.6. The van der Waals surface area contributed by atoms with Crippen LogP contribution in [0.1, 0.15) is 18.1 Å². The maximum absolute atomic E-state index is 12.9. The Morgan fingerprint density at radius 3 is 2.41 bits per heavy atom. The fraction of sp³-hybridized carbons (Fsp3) is 0.227. The summed E-state index contributed by atoms with van der Waals surface area (Å²) in [6, 6.07) is 14.5. The Morgan fingerprint density at radius 1 is 1.17 bits per heavy atom. The molecule has 1 N–H and O–H groups in total. The van der Waals surface area contributed by atoms with E-state index in [1.54, 1.807) is 42.5 Å². The average Bonchev–Trinajstić information content (AvgIpc) is 2.73. The Kier molecular flexibility index (Phi) is 7.92. The summed E-state index contributed by atoms with van der Waals surface area (Å²) in [5, 5.41) is 11.9. The summed E-state index contributed by atoms with van der Waals surface area (Å²) in [6.45, 7) is 1.73. The van der Waals surface area contributed by atoms with Crippen molar-refractivity contribution in [1.82, 2.24) is 5.32 Å². The van der Waals surface area contributed by atoms with E-state index in [1.807, 2.05) is 0 Å². The lowest BCUT2D eigenvalue weighted by atomic mass is 10.1. The van der Waals surface area contributed by atoms with Crippen molar-refractivity contribution in [2.45, 2.75) is 19.4 Å². The SMILES string of the molecule is COc1ccc(/C=C(\C#N)C(=O)O[C@@H](C)C(=O)NCCc2ccc(F)cc2)cc1. The van der Waals surface area contributed by atoms with Gasteiger partial charge in [0.1, 0.15) is 23.2 Å². The van der Waals surface area contributed by atoms with E-state index in [1.165, 1.54) is 32.2 Å². The number of nitriles is 1. The number of carbonyl (C=O) groups is 2. The smallest absolute Gasteiger partial charge is 0.349 e. The van der Waals surface area contributed by atoms with Gasteiger partial charge in [-0.15, -0.1) is 0 Å². The highest BCUT2D eigenvalue weighted by Gasteiger charge is 2.20. The molecule has 0 saturated carbocycles. The molecule has 29 heavy (non-hydrogen) atoms. The van der Waals surface area contributed by atoms with Crippen LogP contribution in [-0.4, -0.2) is 31.6 Å². The molecule has 1 atom stereocenters. The largest absolute Gasteiger partial charge is 0.497 e. The van der Waals surface area contributed by atoms with E-state index in [9.17, 15) is 19.2 Å². The predicted molar refractivity (Wildman–Crippen MR) is 105 cm³/mol. The Labute approximate surface area is 168 Å². The van der Waals surface area contributed by atoms with Gasteiger partial charge in [-0.05, 0) is 54.8 Å². The Balaban J connectivity index is 1.87. The number of nitrogens with one attached hydrogen (secondary N) is 1. The Bertz CT molecular complexity index is 915. The fourth-order valence-corrected chi connectivity index (χ4v) is 2.41. The minimum Gasteiger partial charge on any atom is -0.497 e. The molecule has 0 aliphatic heterocycles. The molecule has 0 saturated heterocycles. The topological polar surface area (TPSA) is 88.4 Å². The Morgan fingerprint density at radius 2 is 1.83 bits per heavy atom. The molecule has 0 radical (unpaired) electrons. The molecule has 0 aliphatic rings. The van der Waals surface area contributed by atoms with Crippen LogP contribution in [-0.2, 0) is 20.7 Å². The third-order valence-electron chi connectivity index (χ3n) is 4.05. The fourth-order valence-electron chi connectivity index (χ4n) is 2.41. The van der Waals surface area contributed by atoms with E-state index in [0.29, 0.717) is 24.3 Å². The first-order valence-corrected chi connectivity index (χ1v) is 8.92. The summed E-state index contributed by atoms with van der Waals surface area (Å²) in [5.41, 5.74) is 1.27. The van der Waals surface area contributed by atoms with Crippen molar-refractivity contribution < 1.29 is 23.5 Å². The number of nitrogens with zero attached hydrogens (tertiary/aromatic N) is 1. The van der Waals surface area contributed by atoms with Gasteiger partial charge in [-0.1, -0.05) is 24.3 Å². The van der Waals surface area contributed by atoms with Gasteiger partial charge in [-0.3, -0.25) is 4.79 Å². The van der Waals surface area contributed by atoms with E-state index in [2.05, 4.69) is 5.32 Å². The zero-order chi connectivity index (χ0) is 21.2. The zero-order valence-electron chi connectivity index (χ0n) is 16.1. The van der Waals surface area contributed by atoms with Crippen LogP contribution in [0.15, 0.2) is 54.1 Å². The highest BCUT2D eigenvalue weighted by atomic mass is 19.1. The second-order valence-corrected chi connectivity index (χ2v) is 6.16. The lowest BCUT2D eigenvalue weighted by Gasteiger charge is -2.13. The van der Waals surface area contributed by atoms with Gasteiger partial charge in [0.25, 0.3) is 5.91 Å². The Hall–Kier alpha value is -3.66. The number of rotatable bonds is 8. The van der Waals surface area contributed by atoms with Crippen LogP contribution in [0.25, 0.3) is 6.08 Å². The molecule has 2 aromatic rings. The molecule has 0 spiro atoms. The van der Waals surface area contributed by atoms with E-state index in [-0.39, 0.29) is 11.4 Å². The minimum atomic E-state index is -1.07. The molecule has 6 nitrogen and oxygen atoms in total. The number of methoxy groups -OCH3 is 1. The molecule has 0 aliphatic carbocycles. The molecule has 150 valence electrons. The van der Waals surface area contributed by atoms with Crippen molar-refractivity contribution in [3.63, 3.8) is 0 Å². The first kappa shape index (κ1) is 21.6. The van der Waals surface area contributed by atoms with E-state index in [0.717, 1.165) is 5.56 Å². The van der Waals surface area contributed by atoms with Crippen molar-refractivity contribution in [2.24, 2.45) is 0 Å². The molecule has 0 unspecified atom stereocenters. The number of carbonyl (C=O) groups excluding carboxylic acids is 2. The lowest BCUT2D eigenvalue weighted by molar-refractivity contribution is -0.150. The van der Waals surface area contributed by atoms with Gasteiger partial charge in [0.2, 0.25) is 0 Å². The van der Waals surface area contributed by atoms with E-state index < -0.39 is 18.0 Å². The van der Waals surface area contributed by atoms with Gasteiger partial charge < -0.3 is 14.8 Å². The molecule has 0 aromatic heterocycles. The third-order valence-corrected chi connectivity index (χ3v) is 4.05. The summed E-state index contributed by atoms with van der Waals surface area (Å²) in [7, 11) is 1.54. The summed E-state index contributed by atoms with van der Waals surface area (Å²) in [5.74, 6) is -1.05. The number of amides is 1. The van der Waals surface area contributed by atoms with Gasteiger partial charge in [-0.2, -0.15) is 5.26 Å². The van der Waals surface area contributed by atoms with E-state index in [4.69, 9.17) is 9.47 Å². The normalized spacial score (nSPS) is 11.9. The van der Waals surface area contributed by atoms with Crippen molar-refractivity contribution in [1.29, 1.82) is 5.26 Å². The van der Waals surface area contributed by atoms with Crippen molar-refractivity contribution in [3.05, 3.63) is 71.0 Å². The molecule has 1 amide bonds. The first-order chi connectivity index (χ1) is 13.9. The van der Waals surface area contributed by atoms with Gasteiger partial charge in [-0.25, -0.2) is 9.18 Å². The molecule has 2 aromatic carbocycles. The number of halogens is 1. The quantitative estimate of drug-likeness (QED) is 0.421. The number of hydrogen-bond acceptors (Lipinski definition) is 5. The van der Waals surface area contributed by atoms with Gasteiger partial charge in [0.05, 0.1) is 7.11 Å². The van der Waals surface area contributed by atoms with Crippen LogP contribution in [0, 0.1) is 17.1 Å². The molecular weight excluding hydrogens is 375 g/mol. The van der Waals surface area contributed by atoms with Crippen LogP contribution < -0.4 is 10.1 Å². The predicted octanol–water partition coefficient (Wildman–Crippen LogP) is 3.03. The highest BCUT2D eigenvalue weighted by Crippen LogP contribution is 2.14. The lowest BCUT2D eigenvalue weighted by Crippen LogP contribution is -2.37. The van der Waals surface area contributed by atoms with Gasteiger partial charge in [0, 0.05) is 6.54 Å². The average molecular weight is 396 g/mol. The molecule has 0 fully saturated rings. The van der Waals surface area contributed by atoms with Crippen LogP contribution in [0.4, 0.5) is 4.39 Å². The standard InChI is InChI=1S/C22H21FN2O4/c1-15(21(26)25-12-11-16-3-7-19(23)8-4-16)29-22(27)18(14-24)13-17-5-9-20(28-2)10-6-17/h3-10,13,15H,11-12H2,1-2H3,(H,25,26)/b18-13+/t15-/m0/s1. The molecule has 7 heteroatoms. The van der Waals surface area contributed by atoms with Crippen LogP contribution in [0.5, 0.6) is 5.75 Å². The molecule has 0 bridgehead atoms. The zero-order valence-corrected chi connectivity index (χ0v) is 16.1. The van der Waals surface area contributed by atoms with Crippen molar-refractivity contribution >= 4 is 18.0 Å². The van der Waals surface area contributed by atoms with Gasteiger partial charge >= 0.3 is 5.97 Å². The minimum absolute atomic E-state index is 0.221. The second-order valence-electron chi connectivity index (χ2n) is 6.16. The van der Waals surface area contributed by atoms with Crippen LogP contribution in [0.3, 0.4) is 0 Å². The maximum atomic E-state index is 12.9. The highest BCUT2D eigenvalue weighted by molar-refractivity contribution is 5.99. The summed E-state index contributed by atoms with van der Waals surface area (Å²) in [4.78, 5) is 24.3. The number of hydrogen-bond donors (Lipinski definition) is 1. The monoisotopic (exact) mass is 396 g/mol. The van der Waals surface area contributed by atoms with Crippen LogP contribution >= 0.6 is 0 Å². The third kappa shape index (κ3) is 6.78. The van der Waals surface area contributed by atoms with Gasteiger partial charge in [0.15, 0.2) is 6.10 Å². The van der Waals surface area contributed by atoms with Crippen molar-refractivity contribution in [3.8, 4) is 11.8 Å². The maximum Gasteiger partial charge on any atom is 0.349 e. The summed E-state index contributed by atoms with van der Waals surface area (Å²) in [6.07, 6.45) is 0.817. The molecule has 0 heterocycles. The van der Waals surface area contributed by atoms with E-state index >= 15 is 0 Å². The molecular formula is C22H21FN2O4. The van der Waals surface area contributed by atoms with Crippen molar-refractivity contribution in [2.75, 3.05) is 13.7 Å². The summed E-state index contributed by atoms with van der Waals surface area (Å²) < 4.78 is 23.0. The number of benzene rings is 2. The number of ether oxygens (including phenoxy) is 2. The first-order valence-electron chi connectivity index (χ1n) is 8.92.